The molecule has 0 saturated carbocycles. The highest BCUT2D eigenvalue weighted by Crippen LogP contribution is 2.29. The molecule has 0 unspecified atom stereocenters. The Bertz CT molecular complexity index is 733. The normalized spacial score (nSPS) is 11.4. The minimum absolute atomic E-state index is 0.0726. The van der Waals surface area contributed by atoms with Crippen molar-refractivity contribution in [2.45, 2.75) is 4.90 Å². The number of sulfonamides is 1. The van der Waals surface area contributed by atoms with Crippen LogP contribution in [0.1, 0.15) is 0 Å². The molecule has 0 saturated heterocycles. The van der Waals surface area contributed by atoms with Gasteiger partial charge in [-0.25, -0.2) is 12.8 Å². The molecule has 0 aliphatic heterocycles. The van der Waals surface area contributed by atoms with Gasteiger partial charge in [0.05, 0.1) is 10.7 Å². The Morgan fingerprint density at radius 3 is 2.25 bits per heavy atom. The lowest BCUT2D eigenvalue weighted by Gasteiger charge is -2.20. The maximum absolute atomic E-state index is 12.9. The lowest BCUT2D eigenvalue weighted by atomic mass is 10.3. The zero-order chi connectivity index (χ0) is 14.9. The van der Waals surface area contributed by atoms with E-state index in [-0.39, 0.29) is 14.9 Å². The van der Waals surface area contributed by atoms with Crippen LogP contribution in [0.5, 0.6) is 0 Å². The van der Waals surface area contributed by atoms with Crippen LogP contribution in [0, 0.1) is 5.82 Å². The summed E-state index contributed by atoms with van der Waals surface area (Å²) in [6.07, 6.45) is 0. The van der Waals surface area contributed by atoms with Crippen molar-refractivity contribution in [2.24, 2.45) is 0 Å². The fraction of sp³-hybridized carbons (Fsp3) is 0.0769. The first-order chi connectivity index (χ1) is 9.32. The first kappa shape index (κ1) is 15.1. The van der Waals surface area contributed by atoms with E-state index in [0.29, 0.717) is 5.69 Å². The van der Waals surface area contributed by atoms with Gasteiger partial charge in [-0.1, -0.05) is 23.2 Å². The van der Waals surface area contributed by atoms with E-state index in [1.165, 1.54) is 49.5 Å². The Labute approximate surface area is 126 Å². The van der Waals surface area contributed by atoms with Gasteiger partial charge in [0.2, 0.25) is 0 Å². The second-order valence-electron chi connectivity index (χ2n) is 4.02. The first-order valence-corrected chi connectivity index (χ1v) is 7.71. The Kier molecular flexibility index (Phi) is 4.22. The molecule has 7 heteroatoms. The standard InChI is InChI=1S/C13H10Cl2FNO2S/c1-17(11-5-3-10(16)4-6-11)20(18,19)13-8-9(14)2-7-12(13)15/h2-8H,1H3. The van der Waals surface area contributed by atoms with Gasteiger partial charge in [0, 0.05) is 12.1 Å². The predicted octanol–water partition coefficient (Wildman–Crippen LogP) is 3.96. The van der Waals surface area contributed by atoms with Crippen LogP contribution in [-0.4, -0.2) is 15.5 Å². The van der Waals surface area contributed by atoms with Crippen molar-refractivity contribution >= 4 is 38.9 Å². The van der Waals surface area contributed by atoms with Crippen LogP contribution in [0.2, 0.25) is 10.0 Å². The molecular formula is C13H10Cl2FNO2S. The minimum Gasteiger partial charge on any atom is -0.269 e. The third-order valence-corrected chi connectivity index (χ3v) is 5.22. The lowest BCUT2D eigenvalue weighted by Crippen LogP contribution is -2.26. The average Bonchev–Trinajstić information content (AvgIpc) is 2.41. The van der Waals surface area contributed by atoms with Gasteiger partial charge in [0.15, 0.2) is 0 Å². The Morgan fingerprint density at radius 2 is 1.65 bits per heavy atom. The number of rotatable bonds is 3. The average molecular weight is 334 g/mol. The van der Waals surface area contributed by atoms with Crippen LogP contribution < -0.4 is 4.31 Å². The molecule has 0 radical (unpaired) electrons. The van der Waals surface area contributed by atoms with Crippen molar-refractivity contribution < 1.29 is 12.8 Å². The first-order valence-electron chi connectivity index (χ1n) is 5.52. The van der Waals surface area contributed by atoms with Gasteiger partial charge in [-0.2, -0.15) is 0 Å². The van der Waals surface area contributed by atoms with E-state index in [1.54, 1.807) is 0 Å². The maximum Gasteiger partial charge on any atom is 0.265 e. The summed E-state index contributed by atoms with van der Waals surface area (Å²) in [6.45, 7) is 0. The molecule has 0 aromatic heterocycles. The van der Waals surface area contributed by atoms with E-state index in [4.69, 9.17) is 23.2 Å². The molecule has 0 bridgehead atoms. The van der Waals surface area contributed by atoms with Crippen LogP contribution in [0.25, 0.3) is 0 Å². The van der Waals surface area contributed by atoms with Crippen LogP contribution in [0.3, 0.4) is 0 Å². The number of halogens is 3. The van der Waals surface area contributed by atoms with Crippen LogP contribution >= 0.6 is 23.2 Å². The summed E-state index contributed by atoms with van der Waals surface area (Å²) in [5.41, 5.74) is 0.322. The van der Waals surface area contributed by atoms with Gasteiger partial charge < -0.3 is 0 Å². The van der Waals surface area contributed by atoms with E-state index in [9.17, 15) is 12.8 Å². The summed E-state index contributed by atoms with van der Waals surface area (Å²) >= 11 is 11.7. The molecule has 0 N–H and O–H groups in total. The van der Waals surface area contributed by atoms with Crippen molar-refractivity contribution in [3.63, 3.8) is 0 Å². The summed E-state index contributed by atoms with van der Waals surface area (Å²) in [5, 5.41) is 0.337. The second kappa shape index (κ2) is 5.60. The quantitative estimate of drug-likeness (QED) is 0.852. The van der Waals surface area contributed by atoms with Crippen molar-refractivity contribution in [1.82, 2.24) is 0 Å². The minimum atomic E-state index is -3.86. The summed E-state index contributed by atoms with van der Waals surface area (Å²) in [7, 11) is -2.50. The van der Waals surface area contributed by atoms with E-state index >= 15 is 0 Å². The number of anilines is 1. The molecule has 0 fully saturated rings. The highest BCUT2D eigenvalue weighted by atomic mass is 35.5. The Morgan fingerprint density at radius 1 is 1.05 bits per heavy atom. The third kappa shape index (κ3) is 2.90. The van der Waals surface area contributed by atoms with Crippen molar-refractivity contribution in [3.8, 4) is 0 Å². The number of hydrogen-bond acceptors (Lipinski definition) is 2. The van der Waals surface area contributed by atoms with Gasteiger partial charge in [-0.3, -0.25) is 4.31 Å². The Hall–Kier alpha value is -1.30. The maximum atomic E-state index is 12.9. The summed E-state index contributed by atoms with van der Waals surface area (Å²) in [5.74, 6) is -0.444. The number of nitrogens with zero attached hydrogens (tertiary/aromatic N) is 1. The summed E-state index contributed by atoms with van der Waals surface area (Å²) < 4.78 is 38.9. The zero-order valence-corrected chi connectivity index (χ0v) is 12.7. The van der Waals surface area contributed by atoms with Crippen LogP contribution in [-0.2, 0) is 10.0 Å². The largest absolute Gasteiger partial charge is 0.269 e. The van der Waals surface area contributed by atoms with E-state index in [0.717, 1.165) is 4.31 Å². The van der Waals surface area contributed by atoms with E-state index in [1.807, 2.05) is 0 Å². The molecule has 0 atom stereocenters. The molecule has 2 rings (SSSR count). The van der Waals surface area contributed by atoms with Gasteiger partial charge in [0.25, 0.3) is 10.0 Å². The third-order valence-electron chi connectivity index (χ3n) is 2.72. The zero-order valence-electron chi connectivity index (χ0n) is 10.3. The smallest absolute Gasteiger partial charge is 0.265 e. The molecule has 2 aromatic carbocycles. The monoisotopic (exact) mass is 333 g/mol. The van der Waals surface area contributed by atoms with Crippen LogP contribution in [0.4, 0.5) is 10.1 Å². The molecule has 0 heterocycles. The molecule has 0 aliphatic carbocycles. The topological polar surface area (TPSA) is 37.4 Å². The molecule has 0 aliphatic rings. The molecule has 2 aromatic rings. The molecule has 0 spiro atoms. The van der Waals surface area contributed by atoms with Gasteiger partial charge in [0.1, 0.15) is 10.7 Å². The highest BCUT2D eigenvalue weighted by molar-refractivity contribution is 7.93. The summed E-state index contributed by atoms with van der Waals surface area (Å²) in [6, 6.07) is 9.29. The van der Waals surface area contributed by atoms with Gasteiger partial charge in [-0.05, 0) is 42.5 Å². The van der Waals surface area contributed by atoms with Crippen molar-refractivity contribution in [2.75, 3.05) is 11.4 Å². The fourth-order valence-electron chi connectivity index (χ4n) is 1.61. The molecule has 0 amide bonds. The van der Waals surface area contributed by atoms with Gasteiger partial charge in [-0.15, -0.1) is 0 Å². The predicted molar refractivity (Wildman–Crippen MR) is 78.5 cm³/mol. The van der Waals surface area contributed by atoms with Crippen molar-refractivity contribution in [1.29, 1.82) is 0 Å². The lowest BCUT2D eigenvalue weighted by molar-refractivity contribution is 0.594. The van der Waals surface area contributed by atoms with Gasteiger partial charge >= 0.3 is 0 Å². The number of hydrogen-bond donors (Lipinski definition) is 0. The molecule has 3 nitrogen and oxygen atoms in total. The van der Waals surface area contributed by atoms with E-state index in [2.05, 4.69) is 0 Å². The van der Waals surface area contributed by atoms with Crippen LogP contribution in [0.15, 0.2) is 47.4 Å². The van der Waals surface area contributed by atoms with Crippen molar-refractivity contribution in [3.05, 3.63) is 58.3 Å². The number of benzene rings is 2. The summed E-state index contributed by atoms with van der Waals surface area (Å²) in [4.78, 5) is -0.0986. The molecule has 106 valence electrons. The second-order valence-corrected chi connectivity index (χ2v) is 6.81. The Balaban J connectivity index is 2.49. The molecule has 20 heavy (non-hydrogen) atoms. The van der Waals surface area contributed by atoms with E-state index < -0.39 is 15.8 Å². The fourth-order valence-corrected chi connectivity index (χ4v) is 3.54. The SMILES string of the molecule is CN(c1ccc(F)cc1)S(=O)(=O)c1cc(Cl)ccc1Cl. The molecular weight excluding hydrogens is 324 g/mol. The highest BCUT2D eigenvalue weighted by Gasteiger charge is 2.24.